The number of hydrogen-bond acceptors (Lipinski definition) is 3. The van der Waals surface area contributed by atoms with Crippen molar-refractivity contribution in [2.24, 2.45) is 0 Å². The Morgan fingerprint density at radius 3 is 1.98 bits per heavy atom. The second-order valence-corrected chi connectivity index (χ2v) is 14.1. The minimum absolute atomic E-state index is 0. The molecule has 0 aliphatic carbocycles. The van der Waals surface area contributed by atoms with Crippen LogP contribution in [0.25, 0.3) is 61.6 Å². The van der Waals surface area contributed by atoms with Crippen LogP contribution < -0.4 is 4.74 Å². The first-order chi connectivity index (χ1) is 28.7. The van der Waals surface area contributed by atoms with Crippen LogP contribution in [0.3, 0.4) is 0 Å². The molecule has 0 radical (unpaired) electrons. The van der Waals surface area contributed by atoms with E-state index in [9.17, 15) is 0 Å². The predicted molar refractivity (Wildman–Crippen MR) is 222 cm³/mol. The summed E-state index contributed by atoms with van der Waals surface area (Å²) in [6.07, 6.45) is 1.29. The number of para-hydroxylation sites is 2. The second kappa shape index (κ2) is 16.0. The molecular formula is C50H43N3OPt. The van der Waals surface area contributed by atoms with Crippen LogP contribution >= 0.6 is 0 Å². The first kappa shape index (κ1) is 30.7. The van der Waals surface area contributed by atoms with E-state index in [1.54, 1.807) is 18.2 Å². The van der Waals surface area contributed by atoms with Crippen molar-refractivity contribution < 1.29 is 34.0 Å². The Morgan fingerprint density at radius 1 is 0.636 bits per heavy atom. The number of aryl methyl sites for hydroxylation is 2. The van der Waals surface area contributed by atoms with E-state index in [0.717, 1.165) is 22.3 Å². The molecule has 0 aliphatic rings. The zero-order valence-electron chi connectivity index (χ0n) is 37.0. The topological polar surface area (TPSA) is 39.9 Å². The summed E-state index contributed by atoms with van der Waals surface area (Å²) in [7, 11) is 0. The van der Waals surface area contributed by atoms with Crippen LogP contribution in [-0.2, 0) is 21.1 Å². The molecule has 0 spiro atoms. The van der Waals surface area contributed by atoms with Gasteiger partial charge in [-0.25, -0.2) is 0 Å². The number of hydrogen-bond donors (Lipinski definition) is 0. The molecule has 0 N–H and O–H groups in total. The second-order valence-electron chi connectivity index (χ2n) is 14.1. The Labute approximate surface area is 347 Å². The van der Waals surface area contributed by atoms with Crippen molar-refractivity contribution in [2.75, 3.05) is 0 Å². The molecule has 0 amide bonds. The van der Waals surface area contributed by atoms with Crippen LogP contribution in [0.5, 0.6) is 11.5 Å². The van der Waals surface area contributed by atoms with Gasteiger partial charge in [-0.1, -0.05) is 126 Å². The van der Waals surface area contributed by atoms with Crippen molar-refractivity contribution in [2.45, 2.75) is 53.2 Å². The fourth-order valence-electron chi connectivity index (χ4n) is 6.99. The minimum Gasteiger partial charge on any atom is -0.497 e. The van der Waals surface area contributed by atoms with E-state index >= 15 is 0 Å². The van der Waals surface area contributed by atoms with Crippen LogP contribution in [0, 0.1) is 25.8 Å². The Hall–Kier alpha value is -5.57. The maximum Gasteiger partial charge on any atom is 2.00 e. The molecule has 0 atom stereocenters. The molecule has 8 aromatic rings. The van der Waals surface area contributed by atoms with Gasteiger partial charge in [0, 0.05) is 31.6 Å². The molecule has 274 valence electrons. The smallest absolute Gasteiger partial charge is 0.497 e. The van der Waals surface area contributed by atoms with E-state index in [0.29, 0.717) is 28.3 Å². The Bertz CT molecular complexity index is 2800. The molecule has 6 aromatic carbocycles. The number of benzene rings is 6. The molecular weight excluding hydrogens is 854 g/mol. The Morgan fingerprint density at radius 2 is 1.29 bits per heavy atom. The minimum atomic E-state index is -2.52. The molecule has 0 saturated heterocycles. The van der Waals surface area contributed by atoms with E-state index in [2.05, 4.69) is 91.8 Å². The summed E-state index contributed by atoms with van der Waals surface area (Å²) in [6.45, 7) is 3.92. The molecule has 55 heavy (non-hydrogen) atoms. The zero-order valence-corrected chi connectivity index (χ0v) is 33.3. The summed E-state index contributed by atoms with van der Waals surface area (Å²) in [5, 5.41) is 0. The molecule has 2 heterocycles. The molecule has 2 aromatic heterocycles. The van der Waals surface area contributed by atoms with Gasteiger partial charge in [0.2, 0.25) is 0 Å². The molecule has 0 unspecified atom stereocenters. The number of aromatic nitrogens is 3. The SMILES string of the molecule is [2H]C([2H])([2H])c1ccc(Oc2[c-]c(-c3nc4ccccc4n3-c3c(C(C)C)cc(-c4ccccc4)cc3C(C)C)ccc2)[c-]c1-c1cc(-c2ccccc2)c(C([2H])([2H])[2H])cn1.[Pt+2]. The van der Waals surface area contributed by atoms with E-state index in [4.69, 9.17) is 17.9 Å². The number of nitrogens with zero attached hydrogens (tertiary/aromatic N) is 3. The van der Waals surface area contributed by atoms with Gasteiger partial charge >= 0.3 is 21.1 Å². The summed E-state index contributed by atoms with van der Waals surface area (Å²) in [6, 6.07) is 49.2. The molecule has 0 fully saturated rings. The van der Waals surface area contributed by atoms with E-state index in [1.807, 2.05) is 66.7 Å². The van der Waals surface area contributed by atoms with Crippen molar-refractivity contribution in [1.82, 2.24) is 14.5 Å². The quantitative estimate of drug-likeness (QED) is 0.136. The summed E-state index contributed by atoms with van der Waals surface area (Å²) in [5.41, 5.74) is 9.93. The van der Waals surface area contributed by atoms with Gasteiger partial charge in [-0.3, -0.25) is 4.98 Å². The molecule has 0 saturated carbocycles. The summed E-state index contributed by atoms with van der Waals surface area (Å²) < 4.78 is 58.3. The average molecular weight is 903 g/mol. The monoisotopic (exact) mass is 902 g/mol. The fourth-order valence-corrected chi connectivity index (χ4v) is 6.99. The van der Waals surface area contributed by atoms with Gasteiger partial charge in [-0.15, -0.1) is 47.0 Å². The van der Waals surface area contributed by atoms with Crippen molar-refractivity contribution in [3.05, 3.63) is 174 Å². The van der Waals surface area contributed by atoms with Crippen LogP contribution in [0.15, 0.2) is 140 Å². The third kappa shape index (κ3) is 7.57. The van der Waals surface area contributed by atoms with E-state index in [-0.39, 0.29) is 61.0 Å². The van der Waals surface area contributed by atoms with Crippen LogP contribution in [0.2, 0.25) is 0 Å². The van der Waals surface area contributed by atoms with Crippen molar-refractivity contribution in [1.29, 1.82) is 0 Å². The zero-order chi connectivity index (χ0) is 42.3. The molecule has 0 bridgehead atoms. The standard InChI is InChI=1S/C50H43N3O.Pt/c1-32(2)42-27-39(36-16-9-7-10-17-36)28-43(33(3)4)49(42)53-48-23-14-13-22-46(48)52-50(53)38-20-15-21-40(26-38)54-41-25-24-34(5)45(29-41)47-30-44(35(6)31-51-47)37-18-11-8-12-19-37;/h7-25,27-28,30-33H,1-6H3;/q-2;+2/i5D3,6D3;. The number of rotatable bonds is 9. The van der Waals surface area contributed by atoms with Crippen LogP contribution in [-0.4, -0.2) is 14.5 Å². The maximum atomic E-state index is 8.35. The molecule has 0 aliphatic heterocycles. The predicted octanol–water partition coefficient (Wildman–Crippen LogP) is 13.3. The molecule has 8 rings (SSSR count). The number of pyridine rings is 1. The fraction of sp³-hybridized carbons (Fsp3) is 0.160. The largest absolute Gasteiger partial charge is 2.00 e. The molecule has 5 heteroatoms. The average Bonchev–Trinajstić information content (AvgIpc) is 3.62. The molecule has 4 nitrogen and oxygen atoms in total. The summed E-state index contributed by atoms with van der Waals surface area (Å²) in [5.74, 6) is 1.70. The number of fused-ring (bicyclic) bond motifs is 1. The Balaban J connectivity index is 0.00000561. The van der Waals surface area contributed by atoms with Crippen molar-refractivity contribution >= 4 is 11.0 Å². The van der Waals surface area contributed by atoms with Crippen LogP contribution in [0.1, 0.15) is 70.0 Å². The summed E-state index contributed by atoms with van der Waals surface area (Å²) >= 11 is 0. The third-order valence-corrected chi connectivity index (χ3v) is 9.70. The van der Waals surface area contributed by atoms with Crippen LogP contribution in [0.4, 0.5) is 0 Å². The van der Waals surface area contributed by atoms with Gasteiger partial charge in [0.15, 0.2) is 0 Å². The number of imidazole rings is 1. The van der Waals surface area contributed by atoms with Crippen molar-refractivity contribution in [3.8, 4) is 62.1 Å². The van der Waals surface area contributed by atoms with Gasteiger partial charge in [0.25, 0.3) is 0 Å². The van der Waals surface area contributed by atoms with Gasteiger partial charge < -0.3 is 14.3 Å². The van der Waals surface area contributed by atoms with Crippen molar-refractivity contribution in [3.63, 3.8) is 0 Å². The van der Waals surface area contributed by atoms with Gasteiger partial charge in [0.1, 0.15) is 0 Å². The Kier molecular flexibility index (Phi) is 8.96. The first-order valence-electron chi connectivity index (χ1n) is 21.2. The van der Waals surface area contributed by atoms with E-state index in [1.165, 1.54) is 29.0 Å². The van der Waals surface area contributed by atoms with Gasteiger partial charge in [0.05, 0.1) is 16.9 Å². The number of ether oxygens (including phenoxy) is 1. The summed E-state index contributed by atoms with van der Waals surface area (Å²) in [4.78, 5) is 9.68. The van der Waals surface area contributed by atoms with Gasteiger partial charge in [-0.2, -0.15) is 0 Å². The van der Waals surface area contributed by atoms with Gasteiger partial charge in [-0.05, 0) is 87.6 Å². The first-order valence-corrected chi connectivity index (χ1v) is 18.2. The normalized spacial score (nSPS) is 13.3. The third-order valence-electron chi connectivity index (χ3n) is 9.70. The van der Waals surface area contributed by atoms with E-state index < -0.39 is 13.7 Å². The maximum absolute atomic E-state index is 8.35.